The van der Waals surface area contributed by atoms with Crippen molar-refractivity contribution in [3.8, 4) is 68.3 Å². The Labute approximate surface area is 514 Å². The molecule has 1 radical (unpaired) electrons. The van der Waals surface area contributed by atoms with Gasteiger partial charge in [-0.05, 0) is 48.6 Å². The van der Waals surface area contributed by atoms with E-state index >= 15 is 0 Å². The largest absolute Gasteiger partial charge is 2.00 e. The van der Waals surface area contributed by atoms with E-state index in [1.54, 1.807) is 0 Å². The van der Waals surface area contributed by atoms with E-state index in [-0.39, 0.29) is 27.6 Å². The molecule has 3 aliphatic heterocycles. The van der Waals surface area contributed by atoms with E-state index in [1.807, 2.05) is 72.8 Å². The number of rotatable bonds is 35. The van der Waals surface area contributed by atoms with E-state index in [0.717, 1.165) is 33.4 Å². The van der Waals surface area contributed by atoms with Crippen LogP contribution in [0.15, 0.2) is 95.9 Å². The first-order valence-electron chi connectivity index (χ1n) is 32.5. The van der Waals surface area contributed by atoms with E-state index in [4.69, 9.17) is 34.9 Å². The smallest absolute Gasteiger partial charge is 0.744 e. The fourth-order valence-corrected chi connectivity index (χ4v) is 12.5. The number of H-pyrrole nitrogens is 1. The van der Waals surface area contributed by atoms with Crippen LogP contribution in [0.25, 0.3) is 90.4 Å². The van der Waals surface area contributed by atoms with Gasteiger partial charge in [-0.2, -0.15) is 0 Å². The minimum absolute atomic E-state index is 0. The standard InChI is InChI=1S/C38H80N.C32H17N8O3S.Cu/c1-5-7-9-11-13-15-17-19-21-23-25-27-29-31-33-35-37-39(3,4)38-36-34-32-30-28-26-24-22-20-18-16-14-12-10-8-6-2;41-44(42,43)16-13-14-23-24(15-16)32-39-30-22-12-6-5-11-21(22)28(37-30)35-26-18-8-2-1-7-17(18)25(33-26)34-27-19-9-3-4-10-20(19)29(36-27)38-31(23)40-32;/h5-38H2,1-4H3;1-15H,(H2-,33,34,35,36,37,38,39,40,41,42,43);/q+1;-1;+2/p-1. The minimum atomic E-state index is -4.73. The van der Waals surface area contributed by atoms with E-state index in [0.29, 0.717) is 51.4 Å². The molecule has 84 heavy (non-hydrogen) atoms. The zero-order valence-corrected chi connectivity index (χ0v) is 53.0. The van der Waals surface area contributed by atoms with E-state index in [9.17, 15) is 13.0 Å². The molecule has 5 heterocycles. The number of nitrogens with one attached hydrogen (secondary N) is 1. The normalized spacial score (nSPS) is 12.1. The van der Waals surface area contributed by atoms with Crippen LogP contribution in [-0.2, 0) is 27.2 Å². The van der Waals surface area contributed by atoms with Gasteiger partial charge in [0.2, 0.25) is 0 Å². The summed E-state index contributed by atoms with van der Waals surface area (Å²) in [5.41, 5.74) is 5.31. The predicted octanol–water partition coefficient (Wildman–Crippen LogP) is 18.9. The van der Waals surface area contributed by atoms with Crippen molar-refractivity contribution < 1.29 is 34.5 Å². The first-order valence-corrected chi connectivity index (χ1v) is 33.9. The second-order valence-electron chi connectivity index (χ2n) is 24.3. The number of hydrogen-bond donors (Lipinski definition) is 1. The van der Waals surface area contributed by atoms with Crippen molar-refractivity contribution in [3.05, 3.63) is 91.0 Å². The molecule has 4 aromatic carbocycles. The molecule has 1 N–H and O–H groups in total. The minimum Gasteiger partial charge on any atom is -0.744 e. The maximum atomic E-state index is 12.0. The van der Waals surface area contributed by atoms with Gasteiger partial charge >= 0.3 is 17.1 Å². The summed E-state index contributed by atoms with van der Waals surface area (Å²) in [6, 6.07) is 27.0. The van der Waals surface area contributed by atoms with Gasteiger partial charge in [0.1, 0.15) is 10.1 Å². The van der Waals surface area contributed by atoms with Gasteiger partial charge in [-0.3, -0.25) is 0 Å². The van der Waals surface area contributed by atoms with Gasteiger partial charge in [-0.15, -0.1) is 0 Å². The Balaban J connectivity index is 0.000000241. The van der Waals surface area contributed by atoms with Crippen LogP contribution in [0.1, 0.15) is 219 Å². The molecule has 3 aliphatic rings. The molecule has 0 atom stereocenters. The van der Waals surface area contributed by atoms with Gasteiger partial charge in [0.15, 0.2) is 23.3 Å². The Bertz CT molecular complexity index is 3260. The van der Waals surface area contributed by atoms with Crippen molar-refractivity contribution in [1.82, 2.24) is 39.9 Å². The topological polar surface area (TPSA) is 164 Å². The second kappa shape index (κ2) is 34.7. The first kappa shape index (κ1) is 66.2. The number of aromatic nitrogens is 8. The third-order valence-electron chi connectivity index (χ3n) is 17.0. The monoisotopic (exact) mass is 1210 g/mol. The number of aromatic amines is 1. The number of quaternary nitrogens is 1. The Morgan fingerprint density at radius 3 is 1.07 bits per heavy atom. The average molecular weight is 1210 g/mol. The Hall–Kier alpha value is -5.37. The van der Waals surface area contributed by atoms with Crippen LogP contribution >= 0.6 is 0 Å². The molecule has 0 saturated carbocycles. The number of unbranched alkanes of at least 4 members (excludes halogenated alkanes) is 30. The van der Waals surface area contributed by atoms with Crippen molar-refractivity contribution in [2.45, 2.75) is 224 Å². The van der Waals surface area contributed by atoms with E-state index in [2.05, 4.69) is 32.9 Å². The molecule has 12 nitrogen and oxygen atoms in total. The van der Waals surface area contributed by atoms with Crippen LogP contribution in [0.5, 0.6) is 0 Å². The number of benzene rings is 4. The molecule has 2 aromatic heterocycles. The maximum absolute atomic E-state index is 12.0. The SMILES string of the molecule is CCCCCCCCCCCCCCCCCC[N+](C)(C)CCCCCCCCCCCCCCCCCC.O=S(=O)([O-])c1ccc2c3[n-]c(nc4nc(nc5nc(nc6nc([nH]3)-c3ccccc3-6)-c3ccccc3-5)-c3ccccc3-4)c2c1.[Cu+2]. The van der Waals surface area contributed by atoms with Gasteiger partial charge in [0.05, 0.1) is 43.7 Å². The van der Waals surface area contributed by atoms with E-state index in [1.165, 1.54) is 241 Å². The summed E-state index contributed by atoms with van der Waals surface area (Å²) in [6.45, 7) is 7.39. The molecule has 0 aliphatic carbocycles. The van der Waals surface area contributed by atoms with Gasteiger partial charge in [0, 0.05) is 44.7 Å². The Morgan fingerprint density at radius 2 is 0.714 bits per heavy atom. The molecule has 0 spiro atoms. The Morgan fingerprint density at radius 1 is 0.405 bits per heavy atom. The summed E-state index contributed by atoms with van der Waals surface area (Å²) in [4.78, 5) is 36.7. The number of fused-ring (bicyclic) bond motifs is 20. The van der Waals surface area contributed by atoms with Gasteiger partial charge in [-0.1, -0.05) is 272 Å². The molecule has 8 bridgehead atoms. The third kappa shape index (κ3) is 19.8. The van der Waals surface area contributed by atoms with Crippen molar-refractivity contribution in [2.24, 2.45) is 0 Å². The molecule has 0 unspecified atom stereocenters. The van der Waals surface area contributed by atoms with Crippen LogP contribution in [0.3, 0.4) is 0 Å². The molecule has 9 rings (SSSR count). The number of hydrogen-bond acceptors (Lipinski definition) is 9. The molecule has 6 aromatic rings. The molecule has 0 amide bonds. The number of nitrogens with zero attached hydrogens (tertiary/aromatic N) is 8. The molecule has 0 fully saturated rings. The zero-order valence-electron chi connectivity index (χ0n) is 51.2. The Kier molecular flexibility index (Phi) is 27.3. The zero-order chi connectivity index (χ0) is 58.1. The molecule has 0 saturated heterocycles. The predicted molar refractivity (Wildman–Crippen MR) is 342 cm³/mol. The van der Waals surface area contributed by atoms with Crippen LogP contribution in [-0.4, -0.2) is 79.5 Å². The first-order chi connectivity index (χ1) is 40.5. The summed E-state index contributed by atoms with van der Waals surface area (Å²) in [5.74, 6) is 2.65. The fourth-order valence-electron chi connectivity index (χ4n) is 12.0. The van der Waals surface area contributed by atoms with Crippen molar-refractivity contribution >= 4 is 32.2 Å². The average Bonchev–Trinajstić information content (AvgIpc) is 3.66. The van der Waals surface area contributed by atoms with Gasteiger partial charge in [0.25, 0.3) is 0 Å². The van der Waals surface area contributed by atoms with Crippen molar-refractivity contribution in [1.29, 1.82) is 0 Å². The summed E-state index contributed by atoms with van der Waals surface area (Å²) < 4.78 is 37.1. The van der Waals surface area contributed by atoms with Gasteiger partial charge < -0.3 is 24.0 Å². The molecular formula is C70H96CuN9O3S+. The summed E-state index contributed by atoms with van der Waals surface area (Å²) in [5, 5.41) is 0.924. The summed E-state index contributed by atoms with van der Waals surface area (Å²) in [7, 11) is 0.204. The van der Waals surface area contributed by atoms with Gasteiger partial charge in [-0.25, -0.2) is 33.3 Å². The van der Waals surface area contributed by atoms with Crippen molar-refractivity contribution in [3.63, 3.8) is 0 Å². The summed E-state index contributed by atoms with van der Waals surface area (Å²) in [6.07, 6.45) is 46.9. The molecule has 455 valence electrons. The molecule has 14 heteroatoms. The van der Waals surface area contributed by atoms with Crippen LogP contribution in [0.4, 0.5) is 0 Å². The second-order valence-corrected chi connectivity index (χ2v) is 25.7. The van der Waals surface area contributed by atoms with Crippen LogP contribution in [0.2, 0.25) is 0 Å². The van der Waals surface area contributed by atoms with E-state index < -0.39 is 10.1 Å². The third-order valence-corrected chi connectivity index (χ3v) is 17.8. The quantitative estimate of drug-likeness (QED) is 0.0175. The van der Waals surface area contributed by atoms with Crippen molar-refractivity contribution in [2.75, 3.05) is 27.2 Å². The maximum Gasteiger partial charge on any atom is 2.00 e. The summed E-state index contributed by atoms with van der Waals surface area (Å²) >= 11 is 0. The van der Waals surface area contributed by atoms with Crippen LogP contribution in [0, 0.1) is 0 Å². The van der Waals surface area contributed by atoms with Crippen LogP contribution < -0.4 is 4.98 Å². The fraction of sp³-hybridized carbons (Fsp3) is 0.543. The molecular weight excluding hydrogens is 1110 g/mol.